The third-order valence-corrected chi connectivity index (χ3v) is 8.50. The average molecular weight is 605 g/mol. The number of hydrogen-bond acceptors (Lipinski definition) is 9. The van der Waals surface area contributed by atoms with Crippen molar-refractivity contribution in [2.24, 2.45) is 11.8 Å². The lowest BCUT2D eigenvalue weighted by atomic mass is 9.97. The van der Waals surface area contributed by atoms with Crippen molar-refractivity contribution in [2.45, 2.75) is 121 Å². The van der Waals surface area contributed by atoms with Crippen molar-refractivity contribution >= 4 is 34.1 Å². The summed E-state index contributed by atoms with van der Waals surface area (Å²) >= 11 is 0. The molecular formula is C26H44N4O10S. The van der Waals surface area contributed by atoms with Crippen LogP contribution in [-0.4, -0.2) is 94.8 Å². The number of ether oxygens (including phenoxy) is 2. The van der Waals surface area contributed by atoms with Crippen molar-refractivity contribution in [1.29, 1.82) is 0 Å². The molecule has 3 heterocycles. The second-order valence-corrected chi connectivity index (χ2v) is 14.1. The lowest BCUT2D eigenvalue weighted by molar-refractivity contribution is -0.126. The fourth-order valence-corrected chi connectivity index (χ4v) is 6.37. The summed E-state index contributed by atoms with van der Waals surface area (Å²) in [6.45, 7) is 9.42. The van der Waals surface area contributed by atoms with E-state index in [1.807, 2.05) is 13.8 Å². The van der Waals surface area contributed by atoms with Crippen LogP contribution in [0, 0.1) is 11.8 Å². The van der Waals surface area contributed by atoms with Crippen LogP contribution in [0.5, 0.6) is 0 Å². The van der Waals surface area contributed by atoms with E-state index in [-0.39, 0.29) is 36.8 Å². The maximum absolute atomic E-state index is 13.2. The maximum Gasteiger partial charge on any atom is 0.410 e. The summed E-state index contributed by atoms with van der Waals surface area (Å²) in [7, 11) is -4.96. The Bertz CT molecular complexity index is 1080. The summed E-state index contributed by atoms with van der Waals surface area (Å²) in [6.07, 6.45) is 0.980. The molecule has 3 aliphatic heterocycles. The first-order valence-corrected chi connectivity index (χ1v) is 15.7. The fraction of sp³-hybridized carbons (Fsp3) is 0.846. The van der Waals surface area contributed by atoms with Gasteiger partial charge < -0.3 is 35.4 Å². The first kappa shape index (κ1) is 32.9. The molecule has 14 nitrogen and oxygen atoms in total. The van der Waals surface area contributed by atoms with E-state index >= 15 is 0 Å². The number of aliphatic hydroxyl groups excluding tert-OH is 1. The van der Waals surface area contributed by atoms with Gasteiger partial charge in [-0.15, -0.1) is 0 Å². The molecule has 41 heavy (non-hydrogen) atoms. The summed E-state index contributed by atoms with van der Waals surface area (Å²) in [4.78, 5) is 52.6. The number of carbonyl (C=O) groups is 4. The Balaban J connectivity index is 1.63. The Labute approximate surface area is 241 Å². The minimum Gasteiger partial charge on any atom is -0.446 e. The molecule has 0 aromatic carbocycles. The van der Waals surface area contributed by atoms with Crippen LogP contribution in [0.3, 0.4) is 0 Å². The molecule has 3 aliphatic rings. The zero-order valence-electron chi connectivity index (χ0n) is 24.3. The topological polar surface area (TPSA) is 201 Å². The zero-order valence-corrected chi connectivity index (χ0v) is 25.1. The third kappa shape index (κ3) is 9.17. The number of hydrogen-bond donors (Lipinski definition) is 5. The van der Waals surface area contributed by atoms with Gasteiger partial charge in [0.1, 0.15) is 17.7 Å². The molecule has 0 aromatic rings. The maximum atomic E-state index is 13.2. The molecule has 3 rings (SSSR count). The molecule has 0 radical (unpaired) electrons. The number of piperidine rings is 1. The van der Waals surface area contributed by atoms with E-state index in [0.717, 1.165) is 12.8 Å². The van der Waals surface area contributed by atoms with Crippen LogP contribution >= 0.6 is 0 Å². The normalized spacial score (nSPS) is 26.6. The van der Waals surface area contributed by atoms with Crippen LogP contribution in [-0.2, 0) is 29.2 Å². The van der Waals surface area contributed by atoms with Gasteiger partial charge in [0.05, 0.1) is 6.04 Å². The van der Waals surface area contributed by atoms with Crippen LogP contribution < -0.4 is 16.0 Å². The van der Waals surface area contributed by atoms with Gasteiger partial charge in [-0.1, -0.05) is 13.8 Å². The van der Waals surface area contributed by atoms with Crippen LogP contribution in [0.4, 0.5) is 9.59 Å². The van der Waals surface area contributed by atoms with Gasteiger partial charge in [0.25, 0.3) is 10.1 Å². The molecule has 4 amide bonds. The van der Waals surface area contributed by atoms with Gasteiger partial charge in [-0.05, 0) is 58.8 Å². The summed E-state index contributed by atoms with van der Waals surface area (Å²) in [6, 6.07) is -2.90. The molecule has 5 N–H and O–H groups in total. The molecule has 0 saturated carbocycles. The van der Waals surface area contributed by atoms with Gasteiger partial charge in [-0.3, -0.25) is 14.1 Å². The number of aliphatic hydroxyl groups is 1. The van der Waals surface area contributed by atoms with Gasteiger partial charge in [-0.25, -0.2) is 9.59 Å². The van der Waals surface area contributed by atoms with E-state index in [1.165, 1.54) is 0 Å². The molecule has 6 atom stereocenters. The van der Waals surface area contributed by atoms with E-state index in [0.29, 0.717) is 25.8 Å². The molecule has 0 spiro atoms. The summed E-state index contributed by atoms with van der Waals surface area (Å²) in [5.74, 6) is -1.87. The van der Waals surface area contributed by atoms with Crippen molar-refractivity contribution < 1.29 is 46.7 Å². The average Bonchev–Trinajstić information content (AvgIpc) is 3.35. The second-order valence-electron chi connectivity index (χ2n) is 12.6. The molecule has 234 valence electrons. The summed E-state index contributed by atoms with van der Waals surface area (Å²) in [5.41, 5.74) is -2.99. The van der Waals surface area contributed by atoms with Crippen molar-refractivity contribution in [3.8, 4) is 0 Å². The van der Waals surface area contributed by atoms with Crippen molar-refractivity contribution in [1.82, 2.24) is 20.9 Å². The first-order valence-electron chi connectivity index (χ1n) is 14.2. The van der Waals surface area contributed by atoms with Crippen molar-refractivity contribution in [2.75, 3.05) is 6.54 Å². The van der Waals surface area contributed by atoms with E-state index in [9.17, 15) is 37.3 Å². The monoisotopic (exact) mass is 604 g/mol. The van der Waals surface area contributed by atoms with Gasteiger partial charge in [0, 0.05) is 37.4 Å². The second kappa shape index (κ2) is 13.1. The van der Waals surface area contributed by atoms with E-state index < -0.39 is 63.4 Å². The molecule has 2 bridgehead atoms. The highest BCUT2D eigenvalue weighted by Gasteiger charge is 2.46. The molecule has 0 aliphatic carbocycles. The third-order valence-electron chi connectivity index (χ3n) is 7.56. The first-order chi connectivity index (χ1) is 18.9. The molecule has 3 unspecified atom stereocenters. The summed E-state index contributed by atoms with van der Waals surface area (Å²) < 4.78 is 44.0. The number of alkyl carbamates (subject to hydrolysis) is 1. The SMILES string of the molecule is CC(C)C[C@H](NC(=O)OC1CC2CCC(C1)N2C(=O)OC(C)(C)C)C(=O)N[C@@H](C[C@@H]1CCNC1=O)C(O)S(=O)(=O)O. The largest absolute Gasteiger partial charge is 0.446 e. The minimum absolute atomic E-state index is 0.0653. The van der Waals surface area contributed by atoms with Gasteiger partial charge in [0.15, 0.2) is 0 Å². The number of amides is 4. The highest BCUT2D eigenvalue weighted by molar-refractivity contribution is 7.86. The Morgan fingerprint density at radius 3 is 2.20 bits per heavy atom. The lowest BCUT2D eigenvalue weighted by Crippen LogP contribution is -2.55. The molecular weight excluding hydrogens is 560 g/mol. The zero-order chi connectivity index (χ0) is 30.7. The number of carbonyl (C=O) groups excluding carboxylic acids is 4. The van der Waals surface area contributed by atoms with E-state index in [4.69, 9.17) is 9.47 Å². The van der Waals surface area contributed by atoms with Gasteiger partial charge >= 0.3 is 12.2 Å². The van der Waals surface area contributed by atoms with Crippen LogP contribution in [0.25, 0.3) is 0 Å². The Kier molecular flexibility index (Phi) is 10.5. The lowest BCUT2D eigenvalue weighted by Gasteiger charge is -2.39. The van der Waals surface area contributed by atoms with Crippen LogP contribution in [0.15, 0.2) is 0 Å². The van der Waals surface area contributed by atoms with Crippen LogP contribution in [0.2, 0.25) is 0 Å². The summed E-state index contributed by atoms with van der Waals surface area (Å²) in [5, 5.41) is 17.8. The molecule has 0 aromatic heterocycles. The number of fused-ring (bicyclic) bond motifs is 2. The Hall–Kier alpha value is -2.65. The standard InChI is InChI=1S/C26H44N4O10S/c1-14(2)10-19(22(32)28-20(23(33)41(36,37)38)11-15-8-9-27-21(15)31)29-24(34)39-18-12-16-6-7-17(13-18)30(16)25(35)40-26(3,4)5/h14-20,23,33H,6-13H2,1-5H3,(H,27,31)(H,28,32)(H,29,34)(H,36,37,38)/t15-,16?,17?,18?,19-,20-,23?/m0/s1. The predicted molar refractivity (Wildman–Crippen MR) is 146 cm³/mol. The Morgan fingerprint density at radius 1 is 1.10 bits per heavy atom. The number of nitrogens with one attached hydrogen (secondary N) is 3. The highest BCUT2D eigenvalue weighted by Crippen LogP contribution is 2.38. The number of rotatable bonds is 10. The van der Waals surface area contributed by atoms with E-state index in [2.05, 4.69) is 16.0 Å². The van der Waals surface area contributed by atoms with Crippen LogP contribution in [0.1, 0.15) is 79.6 Å². The van der Waals surface area contributed by atoms with E-state index in [1.54, 1.807) is 25.7 Å². The predicted octanol–water partition coefficient (Wildman–Crippen LogP) is 1.28. The molecule has 3 fully saturated rings. The van der Waals surface area contributed by atoms with Gasteiger partial charge in [-0.2, -0.15) is 8.42 Å². The molecule has 3 saturated heterocycles. The highest BCUT2D eigenvalue weighted by atomic mass is 32.2. The fourth-order valence-electron chi connectivity index (χ4n) is 5.78. The van der Waals surface area contributed by atoms with Crippen molar-refractivity contribution in [3.05, 3.63) is 0 Å². The molecule has 15 heteroatoms. The minimum atomic E-state index is -4.96. The smallest absolute Gasteiger partial charge is 0.410 e. The quantitative estimate of drug-likeness (QED) is 0.226. The Morgan fingerprint density at radius 2 is 1.71 bits per heavy atom. The van der Waals surface area contributed by atoms with Crippen molar-refractivity contribution in [3.63, 3.8) is 0 Å². The van der Waals surface area contributed by atoms with Gasteiger partial charge in [0.2, 0.25) is 17.3 Å². The number of nitrogens with zero attached hydrogens (tertiary/aromatic N) is 1.